The summed E-state index contributed by atoms with van der Waals surface area (Å²) >= 11 is 7.07. The van der Waals surface area contributed by atoms with Crippen LogP contribution in [0.1, 0.15) is 18.4 Å². The van der Waals surface area contributed by atoms with Crippen LogP contribution in [0.25, 0.3) is 0 Å². The molecule has 0 N–H and O–H groups in total. The third-order valence-corrected chi connectivity index (χ3v) is 4.83. The molecule has 0 heterocycles. The van der Waals surface area contributed by atoms with Crippen LogP contribution in [0.3, 0.4) is 0 Å². The lowest BCUT2D eigenvalue weighted by Gasteiger charge is -2.12. The molecular weight excluding hydrogens is 320 g/mol. The molecule has 1 nitrogen and oxygen atoms in total. The molecule has 0 amide bonds. The first-order valence-corrected chi connectivity index (χ1v) is 7.04. The summed E-state index contributed by atoms with van der Waals surface area (Å²) in [5, 5.41) is 1.07. The number of ether oxygens (including phenoxy) is 1. The molecule has 0 unspecified atom stereocenters. The summed E-state index contributed by atoms with van der Waals surface area (Å²) in [5.74, 6) is 0. The van der Waals surface area contributed by atoms with E-state index in [9.17, 15) is 0 Å². The van der Waals surface area contributed by atoms with Crippen molar-refractivity contribution in [2.24, 2.45) is 5.41 Å². The molecule has 0 spiro atoms. The zero-order chi connectivity index (χ0) is 10.7. The van der Waals surface area contributed by atoms with Crippen molar-refractivity contribution >= 4 is 31.9 Å². The predicted octanol–water partition coefficient (Wildman–Crippen LogP) is 4.14. The molecule has 1 aromatic rings. The highest BCUT2D eigenvalue weighted by molar-refractivity contribution is 9.10. The maximum absolute atomic E-state index is 5.76. The Labute approximate surface area is 107 Å². The normalized spacial score (nSPS) is 17.7. The van der Waals surface area contributed by atoms with E-state index in [1.54, 1.807) is 0 Å². The van der Waals surface area contributed by atoms with Gasteiger partial charge in [-0.2, -0.15) is 0 Å². The lowest BCUT2D eigenvalue weighted by atomic mass is 10.2. The van der Waals surface area contributed by atoms with E-state index in [0.29, 0.717) is 12.0 Å². The van der Waals surface area contributed by atoms with Crippen molar-refractivity contribution in [3.63, 3.8) is 0 Å². The van der Waals surface area contributed by atoms with Crippen molar-refractivity contribution in [1.29, 1.82) is 0 Å². The van der Waals surface area contributed by atoms with Gasteiger partial charge >= 0.3 is 0 Å². The van der Waals surface area contributed by atoms with E-state index >= 15 is 0 Å². The summed E-state index contributed by atoms with van der Waals surface area (Å²) in [6, 6.07) is 8.21. The lowest BCUT2D eigenvalue weighted by molar-refractivity contribution is 0.0857. The minimum atomic E-state index is 0.446. The predicted molar refractivity (Wildman–Crippen MR) is 69.3 cm³/mol. The highest BCUT2D eigenvalue weighted by atomic mass is 79.9. The fourth-order valence-corrected chi connectivity index (χ4v) is 2.61. The largest absolute Gasteiger partial charge is 0.376 e. The topological polar surface area (TPSA) is 9.23 Å². The van der Waals surface area contributed by atoms with Gasteiger partial charge in [-0.05, 0) is 24.5 Å². The SMILES string of the molecule is BrCC1(COCc2ccccc2Br)CC1. The second-order valence-corrected chi connectivity index (χ2v) is 5.63. The smallest absolute Gasteiger partial charge is 0.0728 e. The molecule has 1 fully saturated rings. The Kier molecular flexibility index (Phi) is 3.86. The molecule has 0 saturated heterocycles. The molecule has 1 aliphatic carbocycles. The zero-order valence-electron chi connectivity index (χ0n) is 8.51. The third-order valence-electron chi connectivity index (χ3n) is 2.86. The van der Waals surface area contributed by atoms with Crippen LogP contribution in [-0.2, 0) is 11.3 Å². The molecule has 0 radical (unpaired) electrons. The Morgan fingerprint density at radius 1 is 1.27 bits per heavy atom. The summed E-state index contributed by atoms with van der Waals surface area (Å²) in [7, 11) is 0. The van der Waals surface area contributed by atoms with Crippen LogP contribution in [-0.4, -0.2) is 11.9 Å². The van der Waals surface area contributed by atoms with Crippen LogP contribution in [0.5, 0.6) is 0 Å². The number of benzene rings is 1. The van der Waals surface area contributed by atoms with Crippen LogP contribution in [0, 0.1) is 5.41 Å². The Bertz CT molecular complexity index is 334. The van der Waals surface area contributed by atoms with Crippen molar-refractivity contribution in [3.05, 3.63) is 34.3 Å². The maximum atomic E-state index is 5.76. The highest BCUT2D eigenvalue weighted by Gasteiger charge is 2.41. The monoisotopic (exact) mass is 332 g/mol. The first-order chi connectivity index (χ1) is 7.26. The molecule has 0 aromatic heterocycles. The molecule has 2 rings (SSSR count). The van der Waals surface area contributed by atoms with Crippen LogP contribution in [0.4, 0.5) is 0 Å². The molecule has 0 atom stereocenters. The molecule has 1 aliphatic rings. The van der Waals surface area contributed by atoms with E-state index in [1.807, 2.05) is 12.1 Å². The summed E-state index contributed by atoms with van der Waals surface area (Å²) in [5.41, 5.74) is 1.67. The standard InChI is InChI=1S/C12H14Br2O/c13-8-12(5-6-12)9-15-7-10-3-1-2-4-11(10)14/h1-4H,5-9H2. The second-order valence-electron chi connectivity index (χ2n) is 4.22. The van der Waals surface area contributed by atoms with Gasteiger partial charge in [0.2, 0.25) is 0 Å². The van der Waals surface area contributed by atoms with Crippen molar-refractivity contribution in [1.82, 2.24) is 0 Å². The minimum Gasteiger partial charge on any atom is -0.376 e. The van der Waals surface area contributed by atoms with E-state index < -0.39 is 0 Å². The summed E-state index contributed by atoms with van der Waals surface area (Å²) < 4.78 is 6.89. The average Bonchev–Trinajstić information content (AvgIpc) is 3.02. The molecule has 3 heteroatoms. The number of hydrogen-bond donors (Lipinski definition) is 0. The van der Waals surface area contributed by atoms with Crippen molar-refractivity contribution < 1.29 is 4.74 Å². The van der Waals surface area contributed by atoms with Crippen LogP contribution in [0.2, 0.25) is 0 Å². The Morgan fingerprint density at radius 3 is 2.60 bits per heavy atom. The van der Waals surface area contributed by atoms with Gasteiger partial charge in [0, 0.05) is 15.2 Å². The molecule has 0 bridgehead atoms. The van der Waals surface area contributed by atoms with Crippen molar-refractivity contribution in [2.45, 2.75) is 19.4 Å². The highest BCUT2D eigenvalue weighted by Crippen LogP contribution is 2.47. The average molecular weight is 334 g/mol. The fourth-order valence-electron chi connectivity index (χ4n) is 1.49. The van der Waals surface area contributed by atoms with Crippen LogP contribution in [0.15, 0.2) is 28.7 Å². The lowest BCUT2D eigenvalue weighted by Crippen LogP contribution is -2.11. The van der Waals surface area contributed by atoms with Crippen LogP contribution >= 0.6 is 31.9 Å². The Balaban J connectivity index is 1.81. The van der Waals surface area contributed by atoms with Gasteiger partial charge in [0.1, 0.15) is 0 Å². The third kappa shape index (κ3) is 3.05. The first-order valence-electron chi connectivity index (χ1n) is 5.13. The molecule has 1 aromatic carbocycles. The molecular formula is C12H14Br2O. The van der Waals surface area contributed by atoms with Gasteiger partial charge in [0.25, 0.3) is 0 Å². The van der Waals surface area contributed by atoms with E-state index in [-0.39, 0.29) is 0 Å². The van der Waals surface area contributed by atoms with E-state index in [1.165, 1.54) is 18.4 Å². The van der Waals surface area contributed by atoms with Gasteiger partial charge in [-0.3, -0.25) is 0 Å². The number of halogens is 2. The van der Waals surface area contributed by atoms with E-state index in [2.05, 4.69) is 44.0 Å². The van der Waals surface area contributed by atoms with Gasteiger partial charge in [-0.15, -0.1) is 0 Å². The molecule has 0 aliphatic heterocycles. The van der Waals surface area contributed by atoms with Gasteiger partial charge < -0.3 is 4.74 Å². The zero-order valence-corrected chi connectivity index (χ0v) is 11.7. The van der Waals surface area contributed by atoms with Crippen LogP contribution < -0.4 is 0 Å². The molecule has 82 valence electrons. The maximum Gasteiger partial charge on any atom is 0.0728 e. The second kappa shape index (κ2) is 4.98. The number of alkyl halides is 1. The summed E-state index contributed by atoms with van der Waals surface area (Å²) in [6.45, 7) is 1.58. The van der Waals surface area contributed by atoms with Gasteiger partial charge in [0.05, 0.1) is 13.2 Å². The molecule has 15 heavy (non-hydrogen) atoms. The summed E-state index contributed by atoms with van der Waals surface area (Å²) in [4.78, 5) is 0. The van der Waals surface area contributed by atoms with Gasteiger partial charge in [-0.25, -0.2) is 0 Å². The first kappa shape index (κ1) is 11.6. The fraction of sp³-hybridized carbons (Fsp3) is 0.500. The number of rotatable bonds is 5. The quantitative estimate of drug-likeness (QED) is 0.736. The Hall–Kier alpha value is 0.140. The Morgan fingerprint density at radius 2 is 2.00 bits per heavy atom. The van der Waals surface area contributed by atoms with Gasteiger partial charge in [-0.1, -0.05) is 50.1 Å². The van der Waals surface area contributed by atoms with Crippen molar-refractivity contribution in [3.8, 4) is 0 Å². The van der Waals surface area contributed by atoms with Crippen molar-refractivity contribution in [2.75, 3.05) is 11.9 Å². The number of hydrogen-bond acceptors (Lipinski definition) is 1. The molecule has 1 saturated carbocycles. The summed E-state index contributed by atoms with van der Waals surface area (Å²) in [6.07, 6.45) is 2.60. The van der Waals surface area contributed by atoms with E-state index in [4.69, 9.17) is 4.74 Å². The minimum absolute atomic E-state index is 0.446. The van der Waals surface area contributed by atoms with E-state index in [0.717, 1.165) is 16.4 Å². The van der Waals surface area contributed by atoms with Gasteiger partial charge in [0.15, 0.2) is 0 Å².